The van der Waals surface area contributed by atoms with Gasteiger partial charge in [0.15, 0.2) is 23.0 Å². The van der Waals surface area contributed by atoms with Gasteiger partial charge in [0, 0.05) is 17.9 Å². The van der Waals surface area contributed by atoms with Gasteiger partial charge in [-0.1, -0.05) is 0 Å². The van der Waals surface area contributed by atoms with E-state index in [4.69, 9.17) is 23.7 Å². The number of fused-ring (bicyclic) bond motifs is 3. The van der Waals surface area contributed by atoms with E-state index in [1.54, 1.807) is 12.1 Å². The third kappa shape index (κ3) is 4.30. The van der Waals surface area contributed by atoms with Crippen LogP contribution in [0.15, 0.2) is 24.3 Å². The standard InChI is InChI=1S/C28H33NO8.ClH/c1-33-23-8-15(9-24(34-2)27(23)31)25-19-11-22-21(36-14-37-22)10-18(19)17(20-13-35-28(32)26(20)25)5-7-29-6-3-4-16(29)12-30;/h8-11,16-17,20,25-26,30-31H,3-7,12-14H2,1-2H3;1H/t16-,17-,20?,25-,26+;/m1./s1. The summed E-state index contributed by atoms with van der Waals surface area (Å²) in [4.78, 5) is 15.6. The number of aliphatic hydroxyl groups excluding tert-OH is 1. The number of phenolic OH excluding ortho intramolecular Hbond substituents is 1. The van der Waals surface area contributed by atoms with Crippen LogP contribution in [0.3, 0.4) is 0 Å². The minimum Gasteiger partial charge on any atom is -0.502 e. The Morgan fingerprint density at radius 3 is 2.37 bits per heavy atom. The zero-order valence-corrected chi connectivity index (χ0v) is 22.4. The van der Waals surface area contributed by atoms with Crippen molar-refractivity contribution >= 4 is 18.4 Å². The lowest BCUT2D eigenvalue weighted by Crippen LogP contribution is -2.38. The first-order valence-electron chi connectivity index (χ1n) is 12.9. The number of hydrogen-bond donors (Lipinski definition) is 2. The number of cyclic esters (lactones) is 1. The molecule has 9 nitrogen and oxygen atoms in total. The minimum atomic E-state index is -0.399. The number of halogens is 1. The van der Waals surface area contributed by atoms with Crippen LogP contribution >= 0.6 is 12.4 Å². The van der Waals surface area contributed by atoms with Gasteiger partial charge < -0.3 is 33.9 Å². The van der Waals surface area contributed by atoms with E-state index in [0.29, 0.717) is 18.1 Å². The van der Waals surface area contributed by atoms with Gasteiger partial charge in [0.05, 0.1) is 33.4 Å². The lowest BCUT2D eigenvalue weighted by atomic mass is 9.62. The Hall–Kier alpha value is -2.88. The molecule has 3 aliphatic heterocycles. The normalized spacial score (nSPS) is 27.3. The first-order chi connectivity index (χ1) is 18.0. The maximum atomic E-state index is 13.3. The fourth-order valence-corrected chi connectivity index (χ4v) is 6.84. The number of carbonyl (C=O) groups is 1. The Labute approximate surface area is 228 Å². The summed E-state index contributed by atoms with van der Waals surface area (Å²) in [6.07, 6.45) is 2.94. The van der Waals surface area contributed by atoms with Crippen molar-refractivity contribution in [2.45, 2.75) is 37.1 Å². The van der Waals surface area contributed by atoms with E-state index in [1.807, 2.05) is 6.07 Å². The van der Waals surface area contributed by atoms with Gasteiger partial charge in [-0.05, 0) is 79.2 Å². The number of hydrogen-bond acceptors (Lipinski definition) is 9. The van der Waals surface area contributed by atoms with Gasteiger partial charge in [-0.25, -0.2) is 0 Å². The Morgan fingerprint density at radius 1 is 1.03 bits per heavy atom. The Balaban J connectivity index is 0.00000294. The number of nitrogens with zero attached hydrogens (tertiary/aromatic N) is 1. The predicted octanol–water partition coefficient (Wildman–Crippen LogP) is 3.43. The first-order valence-corrected chi connectivity index (χ1v) is 12.9. The number of benzene rings is 2. The number of likely N-dealkylation sites (tertiary alicyclic amines) is 1. The predicted molar refractivity (Wildman–Crippen MR) is 140 cm³/mol. The molecule has 5 atom stereocenters. The van der Waals surface area contributed by atoms with Crippen molar-refractivity contribution in [1.82, 2.24) is 4.90 Å². The third-order valence-electron chi connectivity index (χ3n) is 8.64. The molecule has 0 spiro atoms. The van der Waals surface area contributed by atoms with E-state index in [2.05, 4.69) is 11.0 Å². The summed E-state index contributed by atoms with van der Waals surface area (Å²) >= 11 is 0. The average Bonchev–Trinajstić information content (AvgIpc) is 3.66. The smallest absolute Gasteiger partial charge is 0.310 e. The number of ether oxygens (including phenoxy) is 5. The molecule has 0 radical (unpaired) electrons. The summed E-state index contributed by atoms with van der Waals surface area (Å²) in [5.74, 6) is 0.962. The number of rotatable bonds is 7. The lowest BCUT2D eigenvalue weighted by molar-refractivity contribution is -0.141. The van der Waals surface area contributed by atoms with Crippen LogP contribution in [0.4, 0.5) is 0 Å². The van der Waals surface area contributed by atoms with E-state index < -0.39 is 5.92 Å². The monoisotopic (exact) mass is 547 g/mol. The molecule has 38 heavy (non-hydrogen) atoms. The molecular weight excluding hydrogens is 514 g/mol. The van der Waals surface area contributed by atoms with Crippen molar-refractivity contribution in [2.24, 2.45) is 11.8 Å². The van der Waals surface area contributed by atoms with Gasteiger partial charge in [0.25, 0.3) is 0 Å². The second-order valence-corrected chi connectivity index (χ2v) is 10.3. The van der Waals surface area contributed by atoms with Crippen molar-refractivity contribution < 1.29 is 38.7 Å². The third-order valence-corrected chi connectivity index (χ3v) is 8.64. The number of methoxy groups -OCH3 is 2. The molecule has 2 fully saturated rings. The fourth-order valence-electron chi connectivity index (χ4n) is 6.84. The number of esters is 1. The summed E-state index contributed by atoms with van der Waals surface area (Å²) in [6.45, 7) is 2.50. The van der Waals surface area contributed by atoms with Gasteiger partial charge in [-0.3, -0.25) is 9.69 Å². The van der Waals surface area contributed by atoms with Crippen LogP contribution in [0.5, 0.6) is 28.7 Å². The van der Waals surface area contributed by atoms with Gasteiger partial charge in [0.1, 0.15) is 0 Å². The second kappa shape index (κ2) is 10.7. The number of carbonyl (C=O) groups excluding carboxylic acids is 1. The summed E-state index contributed by atoms with van der Waals surface area (Å²) in [7, 11) is 2.98. The molecule has 206 valence electrons. The molecule has 10 heteroatoms. The number of aliphatic hydroxyl groups is 1. The highest BCUT2D eigenvalue weighted by atomic mass is 35.5. The number of phenols is 1. The van der Waals surface area contributed by atoms with Crippen LogP contribution in [0.2, 0.25) is 0 Å². The molecule has 0 saturated carbocycles. The molecule has 2 aromatic carbocycles. The quantitative estimate of drug-likeness (QED) is 0.504. The summed E-state index contributed by atoms with van der Waals surface area (Å²) in [6, 6.07) is 7.81. The van der Waals surface area contributed by atoms with Gasteiger partial charge in [-0.15, -0.1) is 12.4 Å². The zero-order valence-electron chi connectivity index (χ0n) is 21.6. The van der Waals surface area contributed by atoms with E-state index in [0.717, 1.165) is 49.0 Å². The molecule has 0 bridgehead atoms. The van der Waals surface area contributed by atoms with E-state index in [9.17, 15) is 15.0 Å². The SMILES string of the molecule is COc1cc([C@@H]2c3cc4c(cc3[C@@H](CCN3CCC[C@@H]3CO)C3COC(=O)[C@@H]32)OCO4)cc(OC)c1O.Cl. The second-order valence-electron chi connectivity index (χ2n) is 10.3. The number of aromatic hydroxyl groups is 1. The van der Waals surface area contributed by atoms with Crippen LogP contribution in [-0.4, -0.2) is 74.4 Å². The molecule has 1 aliphatic carbocycles. The highest BCUT2D eigenvalue weighted by molar-refractivity contribution is 5.85. The molecule has 4 aliphatic rings. The molecule has 0 aromatic heterocycles. The Morgan fingerprint density at radius 2 is 1.71 bits per heavy atom. The topological polar surface area (TPSA) is 107 Å². The van der Waals surface area contributed by atoms with Crippen molar-refractivity contribution in [2.75, 3.05) is 47.3 Å². The molecular formula is C28H34ClNO8. The van der Waals surface area contributed by atoms with E-state index in [1.165, 1.54) is 14.2 Å². The maximum absolute atomic E-state index is 13.3. The van der Waals surface area contributed by atoms with Crippen molar-refractivity contribution in [3.63, 3.8) is 0 Å². The molecule has 6 rings (SSSR count). The summed E-state index contributed by atoms with van der Waals surface area (Å²) < 4.78 is 28.1. The molecule has 2 aromatic rings. The summed E-state index contributed by atoms with van der Waals surface area (Å²) in [5, 5.41) is 20.3. The minimum absolute atomic E-state index is 0. The van der Waals surface area contributed by atoms with Crippen LogP contribution in [0.1, 0.15) is 47.8 Å². The van der Waals surface area contributed by atoms with Crippen LogP contribution in [0.25, 0.3) is 0 Å². The maximum Gasteiger partial charge on any atom is 0.310 e. The lowest BCUT2D eigenvalue weighted by Gasteiger charge is -2.40. The molecule has 0 amide bonds. The highest BCUT2D eigenvalue weighted by Gasteiger charge is 2.52. The van der Waals surface area contributed by atoms with Gasteiger partial charge >= 0.3 is 5.97 Å². The Bertz CT molecular complexity index is 1180. The molecule has 2 N–H and O–H groups in total. The van der Waals surface area contributed by atoms with Gasteiger partial charge in [-0.2, -0.15) is 0 Å². The molecule has 2 saturated heterocycles. The van der Waals surface area contributed by atoms with Crippen molar-refractivity contribution in [3.05, 3.63) is 41.0 Å². The Kier molecular flexibility index (Phi) is 7.53. The molecule has 1 unspecified atom stereocenters. The van der Waals surface area contributed by atoms with Crippen molar-refractivity contribution in [3.8, 4) is 28.7 Å². The van der Waals surface area contributed by atoms with E-state index in [-0.39, 0.29) is 72.8 Å². The molecule has 3 heterocycles. The van der Waals surface area contributed by atoms with Crippen LogP contribution < -0.4 is 18.9 Å². The average molecular weight is 548 g/mol. The largest absolute Gasteiger partial charge is 0.502 e. The first kappa shape index (κ1) is 26.7. The van der Waals surface area contributed by atoms with Crippen LogP contribution in [-0.2, 0) is 9.53 Å². The van der Waals surface area contributed by atoms with Crippen molar-refractivity contribution in [1.29, 1.82) is 0 Å². The zero-order chi connectivity index (χ0) is 25.7. The van der Waals surface area contributed by atoms with Gasteiger partial charge in [0.2, 0.25) is 12.5 Å². The van der Waals surface area contributed by atoms with E-state index >= 15 is 0 Å². The highest BCUT2D eigenvalue weighted by Crippen LogP contribution is 2.57. The van der Waals surface area contributed by atoms with Crippen LogP contribution in [0, 0.1) is 11.8 Å². The summed E-state index contributed by atoms with van der Waals surface area (Å²) in [5.41, 5.74) is 2.92. The fraction of sp³-hybridized carbons (Fsp3) is 0.536.